The van der Waals surface area contributed by atoms with Crippen LogP contribution in [-0.2, 0) is 14.6 Å². The van der Waals surface area contributed by atoms with E-state index in [1.165, 1.54) is 11.3 Å². The molecule has 2 saturated heterocycles. The van der Waals surface area contributed by atoms with Crippen molar-refractivity contribution >= 4 is 32.9 Å². The third kappa shape index (κ3) is 4.23. The summed E-state index contributed by atoms with van der Waals surface area (Å²) in [4.78, 5) is 28.9. The summed E-state index contributed by atoms with van der Waals surface area (Å²) >= 11 is 1.40. The summed E-state index contributed by atoms with van der Waals surface area (Å²) in [6, 6.07) is 3.72. The van der Waals surface area contributed by atoms with Gasteiger partial charge in [0.1, 0.15) is 0 Å². The summed E-state index contributed by atoms with van der Waals surface area (Å²) in [7, 11) is -2.87. The number of sulfone groups is 1. The van der Waals surface area contributed by atoms with Gasteiger partial charge in [0.15, 0.2) is 15.6 Å². The van der Waals surface area contributed by atoms with Crippen molar-refractivity contribution in [3.63, 3.8) is 0 Å². The van der Waals surface area contributed by atoms with E-state index < -0.39 is 9.84 Å². The quantitative estimate of drug-likeness (QED) is 0.724. The SMILES string of the molecule is O=C(CCC(=O)N1CCN([C@@H]2CCS(=O)(=O)C2)CC1)c1cccs1. The van der Waals surface area contributed by atoms with Gasteiger partial charge >= 0.3 is 0 Å². The van der Waals surface area contributed by atoms with Crippen molar-refractivity contribution in [3.05, 3.63) is 22.4 Å². The second-order valence-corrected chi connectivity index (χ2v) is 9.55. The number of Topliss-reactive ketones (excluding diaryl/α,β-unsaturated/α-hetero) is 1. The largest absolute Gasteiger partial charge is 0.340 e. The highest BCUT2D eigenvalue weighted by molar-refractivity contribution is 7.91. The standard InChI is InChI=1S/C16H22N2O4S2/c19-14(15-2-1-10-23-15)3-4-16(20)18-8-6-17(7-9-18)13-5-11-24(21,22)12-13/h1-2,10,13H,3-9,11-12H2/t13-/m1/s1. The number of carbonyl (C=O) groups excluding carboxylic acids is 2. The third-order valence-corrected chi connectivity index (χ3v) is 7.41. The summed E-state index contributed by atoms with van der Waals surface area (Å²) in [5.74, 6) is 0.560. The molecule has 3 rings (SSSR count). The average Bonchev–Trinajstić information content (AvgIpc) is 3.22. The number of thiophene rings is 1. The van der Waals surface area contributed by atoms with Gasteiger partial charge in [0.25, 0.3) is 0 Å². The van der Waals surface area contributed by atoms with Crippen LogP contribution in [-0.4, -0.2) is 73.6 Å². The number of amides is 1. The zero-order valence-electron chi connectivity index (χ0n) is 13.5. The van der Waals surface area contributed by atoms with Gasteiger partial charge in [-0.2, -0.15) is 0 Å². The van der Waals surface area contributed by atoms with Crippen molar-refractivity contribution in [1.29, 1.82) is 0 Å². The van der Waals surface area contributed by atoms with Gasteiger partial charge in [-0.05, 0) is 17.9 Å². The van der Waals surface area contributed by atoms with E-state index in [2.05, 4.69) is 4.90 Å². The van der Waals surface area contributed by atoms with E-state index in [-0.39, 0.29) is 42.1 Å². The Morgan fingerprint density at radius 3 is 2.50 bits per heavy atom. The number of nitrogens with zero attached hydrogens (tertiary/aromatic N) is 2. The highest BCUT2D eigenvalue weighted by Crippen LogP contribution is 2.20. The van der Waals surface area contributed by atoms with Crippen LogP contribution in [0.1, 0.15) is 28.9 Å². The minimum absolute atomic E-state index is 0.0126. The Kier molecular flexibility index (Phi) is 5.36. The summed E-state index contributed by atoms with van der Waals surface area (Å²) in [5.41, 5.74) is 0. The predicted molar refractivity (Wildman–Crippen MR) is 93.1 cm³/mol. The highest BCUT2D eigenvalue weighted by atomic mass is 32.2. The molecule has 0 spiro atoms. The molecular weight excluding hydrogens is 348 g/mol. The fourth-order valence-corrected chi connectivity index (χ4v) is 5.79. The van der Waals surface area contributed by atoms with Crippen molar-refractivity contribution in [2.75, 3.05) is 37.7 Å². The second kappa shape index (κ2) is 7.33. The van der Waals surface area contributed by atoms with E-state index in [1.807, 2.05) is 11.4 Å². The molecule has 132 valence electrons. The average molecular weight is 370 g/mol. The zero-order chi connectivity index (χ0) is 17.2. The first kappa shape index (κ1) is 17.6. The molecule has 1 atom stereocenters. The number of ketones is 1. The van der Waals surface area contributed by atoms with Crippen LogP contribution in [0.2, 0.25) is 0 Å². The molecule has 6 nitrogen and oxygen atoms in total. The Morgan fingerprint density at radius 2 is 1.92 bits per heavy atom. The molecule has 0 bridgehead atoms. The number of rotatable bonds is 5. The lowest BCUT2D eigenvalue weighted by atomic mass is 10.1. The Hall–Kier alpha value is -1.25. The van der Waals surface area contributed by atoms with Crippen LogP contribution < -0.4 is 0 Å². The van der Waals surface area contributed by atoms with Crippen molar-refractivity contribution in [2.24, 2.45) is 0 Å². The molecule has 0 saturated carbocycles. The van der Waals surface area contributed by atoms with Gasteiger partial charge in [-0.15, -0.1) is 11.3 Å². The van der Waals surface area contributed by atoms with Crippen LogP contribution >= 0.6 is 11.3 Å². The van der Waals surface area contributed by atoms with E-state index in [9.17, 15) is 18.0 Å². The van der Waals surface area contributed by atoms with Crippen molar-refractivity contribution in [1.82, 2.24) is 9.80 Å². The number of hydrogen-bond acceptors (Lipinski definition) is 6. The monoisotopic (exact) mass is 370 g/mol. The minimum Gasteiger partial charge on any atom is -0.340 e. The van der Waals surface area contributed by atoms with Gasteiger partial charge in [0.05, 0.1) is 16.4 Å². The molecule has 0 unspecified atom stereocenters. The van der Waals surface area contributed by atoms with E-state index in [1.54, 1.807) is 11.0 Å². The second-order valence-electron chi connectivity index (χ2n) is 6.37. The lowest BCUT2D eigenvalue weighted by Crippen LogP contribution is -2.52. The number of hydrogen-bond donors (Lipinski definition) is 0. The Bertz CT molecular complexity index is 692. The molecular formula is C16H22N2O4S2. The molecule has 0 aromatic carbocycles. The summed E-state index contributed by atoms with van der Waals surface area (Å²) in [6.45, 7) is 2.65. The first-order valence-electron chi connectivity index (χ1n) is 8.23. The van der Waals surface area contributed by atoms with E-state index in [4.69, 9.17) is 0 Å². The van der Waals surface area contributed by atoms with Crippen molar-refractivity contribution < 1.29 is 18.0 Å². The summed E-state index contributed by atoms with van der Waals surface area (Å²) in [6.07, 6.45) is 1.20. The molecule has 1 aromatic rings. The highest BCUT2D eigenvalue weighted by Gasteiger charge is 2.34. The third-order valence-electron chi connectivity index (χ3n) is 4.75. The van der Waals surface area contributed by atoms with Gasteiger partial charge in [-0.3, -0.25) is 14.5 Å². The maximum absolute atomic E-state index is 12.3. The summed E-state index contributed by atoms with van der Waals surface area (Å²) < 4.78 is 23.2. The molecule has 0 N–H and O–H groups in total. The Morgan fingerprint density at radius 1 is 1.17 bits per heavy atom. The lowest BCUT2D eigenvalue weighted by molar-refractivity contribution is -0.133. The molecule has 2 aliphatic heterocycles. The topological polar surface area (TPSA) is 74.8 Å². The lowest BCUT2D eigenvalue weighted by Gasteiger charge is -2.37. The first-order valence-corrected chi connectivity index (χ1v) is 10.9. The van der Waals surface area contributed by atoms with Crippen LogP contribution in [0.5, 0.6) is 0 Å². The van der Waals surface area contributed by atoms with Gasteiger partial charge < -0.3 is 4.90 Å². The van der Waals surface area contributed by atoms with Crippen LogP contribution in [0.25, 0.3) is 0 Å². The first-order chi connectivity index (χ1) is 11.4. The molecule has 2 fully saturated rings. The van der Waals surface area contributed by atoms with Crippen LogP contribution in [0.3, 0.4) is 0 Å². The minimum atomic E-state index is -2.87. The molecule has 1 aromatic heterocycles. The molecule has 24 heavy (non-hydrogen) atoms. The fraction of sp³-hybridized carbons (Fsp3) is 0.625. The number of piperazine rings is 1. The maximum Gasteiger partial charge on any atom is 0.223 e. The molecule has 0 radical (unpaired) electrons. The van der Waals surface area contributed by atoms with Gasteiger partial charge in [0, 0.05) is 45.1 Å². The van der Waals surface area contributed by atoms with E-state index >= 15 is 0 Å². The smallest absolute Gasteiger partial charge is 0.223 e. The van der Waals surface area contributed by atoms with E-state index in [0.717, 1.165) is 0 Å². The molecule has 1 amide bonds. The Labute approximate surface area is 146 Å². The van der Waals surface area contributed by atoms with E-state index in [0.29, 0.717) is 37.5 Å². The zero-order valence-corrected chi connectivity index (χ0v) is 15.2. The molecule has 0 aliphatic carbocycles. The predicted octanol–water partition coefficient (Wildman–Crippen LogP) is 1.04. The van der Waals surface area contributed by atoms with Gasteiger partial charge in [-0.1, -0.05) is 6.07 Å². The fourth-order valence-electron chi connectivity index (χ4n) is 3.34. The maximum atomic E-state index is 12.3. The molecule has 3 heterocycles. The van der Waals surface area contributed by atoms with Gasteiger partial charge in [-0.25, -0.2) is 8.42 Å². The van der Waals surface area contributed by atoms with Crippen molar-refractivity contribution in [2.45, 2.75) is 25.3 Å². The summed E-state index contributed by atoms with van der Waals surface area (Å²) in [5, 5.41) is 1.86. The van der Waals surface area contributed by atoms with Crippen LogP contribution in [0.4, 0.5) is 0 Å². The molecule has 8 heteroatoms. The van der Waals surface area contributed by atoms with Crippen molar-refractivity contribution in [3.8, 4) is 0 Å². The number of carbonyl (C=O) groups is 2. The van der Waals surface area contributed by atoms with Gasteiger partial charge in [0.2, 0.25) is 5.91 Å². The Balaban J connectivity index is 1.43. The van der Waals surface area contributed by atoms with Crippen LogP contribution in [0.15, 0.2) is 17.5 Å². The molecule has 2 aliphatic rings. The normalized spacial score (nSPS) is 24.2. The van der Waals surface area contributed by atoms with Crippen LogP contribution in [0, 0.1) is 0 Å².